The lowest BCUT2D eigenvalue weighted by molar-refractivity contribution is -0.155. The molecule has 1 aromatic carbocycles. The van der Waals surface area contributed by atoms with Gasteiger partial charge >= 0.3 is 12.0 Å². The number of fused-ring (bicyclic) bond motifs is 1. The molecule has 1 aliphatic carbocycles. The zero-order valence-electron chi connectivity index (χ0n) is 18.6. The number of rotatable bonds is 8. The smallest absolute Gasteiger partial charge is 0.327 e. The molecule has 0 radical (unpaired) electrons. The van der Waals surface area contributed by atoms with Gasteiger partial charge in [-0.1, -0.05) is 19.9 Å². The highest BCUT2D eigenvalue weighted by Crippen LogP contribution is 2.26. The van der Waals surface area contributed by atoms with Crippen molar-refractivity contribution in [2.75, 3.05) is 11.9 Å². The molecule has 1 saturated heterocycles. The van der Waals surface area contributed by atoms with E-state index in [9.17, 15) is 19.2 Å². The lowest BCUT2D eigenvalue weighted by Gasteiger charge is -2.22. The van der Waals surface area contributed by atoms with E-state index >= 15 is 0 Å². The van der Waals surface area contributed by atoms with Crippen molar-refractivity contribution in [3.05, 3.63) is 29.3 Å². The number of carbonyl (C=O) groups excluding carboxylic acids is 4. The van der Waals surface area contributed by atoms with Crippen LogP contribution in [0.15, 0.2) is 18.2 Å². The summed E-state index contributed by atoms with van der Waals surface area (Å²) in [4.78, 5) is 50.5. The number of amides is 4. The number of urea groups is 1. The molecule has 2 N–H and O–H groups in total. The molecule has 1 fully saturated rings. The second kappa shape index (κ2) is 9.08. The number of anilines is 1. The number of nitrogens with zero attached hydrogens (tertiary/aromatic N) is 1. The van der Waals surface area contributed by atoms with E-state index in [4.69, 9.17) is 4.74 Å². The van der Waals surface area contributed by atoms with Crippen LogP contribution in [0.4, 0.5) is 10.5 Å². The van der Waals surface area contributed by atoms with E-state index in [1.165, 1.54) is 18.1 Å². The fraction of sp³-hybridized carbons (Fsp3) is 0.565. The Balaban J connectivity index is 1.53. The molecule has 0 aromatic heterocycles. The lowest BCUT2D eigenvalue weighted by Crippen LogP contribution is -2.44. The number of imide groups is 1. The van der Waals surface area contributed by atoms with E-state index in [-0.39, 0.29) is 0 Å². The quantitative estimate of drug-likeness (QED) is 0.488. The first-order chi connectivity index (χ1) is 14.6. The molecule has 3 rings (SSSR count). The number of benzene rings is 1. The van der Waals surface area contributed by atoms with Gasteiger partial charge in [0.2, 0.25) is 0 Å². The summed E-state index contributed by atoms with van der Waals surface area (Å²) >= 11 is 0. The highest BCUT2D eigenvalue weighted by Gasteiger charge is 2.48. The molecular weight excluding hydrogens is 398 g/mol. The summed E-state index contributed by atoms with van der Waals surface area (Å²) in [6.07, 6.45) is 3.35. The van der Waals surface area contributed by atoms with Gasteiger partial charge in [0, 0.05) is 5.69 Å². The van der Waals surface area contributed by atoms with Crippen molar-refractivity contribution < 1.29 is 23.9 Å². The number of esters is 1. The Morgan fingerprint density at radius 3 is 2.61 bits per heavy atom. The first-order valence-electron chi connectivity index (χ1n) is 10.9. The Hall–Kier alpha value is -2.90. The zero-order valence-corrected chi connectivity index (χ0v) is 18.6. The topological polar surface area (TPSA) is 105 Å². The molecule has 31 heavy (non-hydrogen) atoms. The molecular formula is C23H31N3O5. The molecule has 1 aromatic rings. The highest BCUT2D eigenvalue weighted by molar-refractivity contribution is 6.08. The van der Waals surface area contributed by atoms with Gasteiger partial charge in [0.1, 0.15) is 12.1 Å². The molecule has 2 atom stereocenters. The fourth-order valence-corrected chi connectivity index (χ4v) is 3.95. The maximum Gasteiger partial charge on any atom is 0.327 e. The predicted octanol–water partition coefficient (Wildman–Crippen LogP) is 2.79. The number of ether oxygens (including phenoxy) is 1. The van der Waals surface area contributed by atoms with E-state index in [0.29, 0.717) is 18.0 Å². The van der Waals surface area contributed by atoms with Crippen LogP contribution in [0.3, 0.4) is 0 Å². The van der Waals surface area contributed by atoms with Crippen molar-refractivity contribution in [1.29, 1.82) is 0 Å². The number of hydrogen-bond acceptors (Lipinski definition) is 5. The van der Waals surface area contributed by atoms with Gasteiger partial charge < -0.3 is 15.4 Å². The molecule has 0 unspecified atom stereocenters. The Bertz CT molecular complexity index is 897. The van der Waals surface area contributed by atoms with Crippen LogP contribution < -0.4 is 10.6 Å². The van der Waals surface area contributed by atoms with Crippen LogP contribution in [-0.2, 0) is 32.0 Å². The lowest BCUT2D eigenvalue weighted by atomic mass is 9.92. The average molecular weight is 430 g/mol. The summed E-state index contributed by atoms with van der Waals surface area (Å²) in [5.41, 5.74) is 2.15. The van der Waals surface area contributed by atoms with Crippen LogP contribution in [0.1, 0.15) is 58.1 Å². The van der Waals surface area contributed by atoms with E-state index in [1.807, 2.05) is 32.0 Å². The Morgan fingerprint density at radius 2 is 1.90 bits per heavy atom. The van der Waals surface area contributed by atoms with Crippen LogP contribution in [0, 0.1) is 5.92 Å². The second-order valence-electron chi connectivity index (χ2n) is 9.04. The Morgan fingerprint density at radius 1 is 1.19 bits per heavy atom. The fourth-order valence-electron chi connectivity index (χ4n) is 3.95. The SMILES string of the molecule is CC(C)CC[C@@]1(C)NC(=O)N(CC(=O)O[C@@H](C)C(=O)Nc2ccc3c(c2)CCC3)C1=O. The first-order valence-corrected chi connectivity index (χ1v) is 10.9. The minimum atomic E-state index is -1.06. The normalized spacial score (nSPS) is 21.1. The van der Waals surface area contributed by atoms with Crippen LogP contribution in [0.2, 0.25) is 0 Å². The zero-order chi connectivity index (χ0) is 22.8. The number of carbonyl (C=O) groups is 4. The van der Waals surface area contributed by atoms with Crippen molar-refractivity contribution in [1.82, 2.24) is 10.2 Å². The van der Waals surface area contributed by atoms with E-state index in [1.54, 1.807) is 6.92 Å². The minimum absolute atomic E-state index is 0.380. The highest BCUT2D eigenvalue weighted by atomic mass is 16.5. The molecule has 0 spiro atoms. The third-order valence-electron chi connectivity index (χ3n) is 5.90. The van der Waals surface area contributed by atoms with E-state index in [2.05, 4.69) is 10.6 Å². The molecule has 8 nitrogen and oxygen atoms in total. The summed E-state index contributed by atoms with van der Waals surface area (Å²) in [7, 11) is 0. The Labute approximate surface area is 182 Å². The van der Waals surface area contributed by atoms with Gasteiger partial charge in [-0.25, -0.2) is 4.79 Å². The molecule has 1 heterocycles. The van der Waals surface area contributed by atoms with Crippen LogP contribution in [0.5, 0.6) is 0 Å². The van der Waals surface area contributed by atoms with Crippen LogP contribution in [0.25, 0.3) is 0 Å². The summed E-state index contributed by atoms with van der Waals surface area (Å²) in [5.74, 6) is -1.35. The molecule has 1 aliphatic heterocycles. The van der Waals surface area contributed by atoms with Gasteiger partial charge in [0.25, 0.3) is 11.8 Å². The standard InChI is InChI=1S/C23H31N3O5/c1-14(2)10-11-23(4)21(29)26(22(30)25-23)13-19(27)31-15(3)20(28)24-18-9-8-16-6-5-7-17(16)12-18/h8-9,12,14-15H,5-7,10-11,13H2,1-4H3,(H,24,28)(H,25,30)/t15-,23+/m0/s1. The molecule has 0 saturated carbocycles. The maximum atomic E-state index is 12.7. The van der Waals surface area contributed by atoms with Crippen molar-refractivity contribution in [3.63, 3.8) is 0 Å². The van der Waals surface area contributed by atoms with Crippen molar-refractivity contribution in [3.8, 4) is 0 Å². The van der Waals surface area contributed by atoms with Crippen LogP contribution >= 0.6 is 0 Å². The van der Waals surface area contributed by atoms with Crippen molar-refractivity contribution in [2.45, 2.75) is 71.4 Å². The van der Waals surface area contributed by atoms with Gasteiger partial charge in [-0.2, -0.15) is 0 Å². The summed E-state index contributed by atoms with van der Waals surface area (Å²) in [6.45, 7) is 6.66. The van der Waals surface area contributed by atoms with Gasteiger partial charge in [-0.3, -0.25) is 19.3 Å². The summed E-state index contributed by atoms with van der Waals surface area (Å²) in [5, 5.41) is 5.42. The van der Waals surface area contributed by atoms with Gasteiger partial charge in [-0.15, -0.1) is 0 Å². The first kappa shape index (κ1) is 22.8. The monoisotopic (exact) mass is 429 g/mol. The number of hydrogen-bond donors (Lipinski definition) is 2. The van der Waals surface area contributed by atoms with E-state index in [0.717, 1.165) is 30.6 Å². The van der Waals surface area contributed by atoms with Gasteiger partial charge in [-0.05, 0) is 75.1 Å². The largest absolute Gasteiger partial charge is 0.451 e. The molecule has 4 amide bonds. The maximum absolute atomic E-state index is 12.7. The number of nitrogens with one attached hydrogen (secondary N) is 2. The van der Waals surface area contributed by atoms with E-state index < -0.39 is 42.0 Å². The molecule has 2 aliphatic rings. The molecule has 8 heteroatoms. The van der Waals surface area contributed by atoms with Crippen molar-refractivity contribution in [2.24, 2.45) is 5.92 Å². The second-order valence-corrected chi connectivity index (χ2v) is 9.04. The minimum Gasteiger partial charge on any atom is -0.451 e. The molecule has 0 bridgehead atoms. The summed E-state index contributed by atoms with van der Waals surface area (Å²) in [6, 6.07) is 5.16. The van der Waals surface area contributed by atoms with Crippen molar-refractivity contribution >= 4 is 29.5 Å². The Kier molecular flexibility index (Phi) is 6.67. The van der Waals surface area contributed by atoms with Gasteiger partial charge in [0.05, 0.1) is 0 Å². The van der Waals surface area contributed by atoms with Gasteiger partial charge in [0.15, 0.2) is 6.10 Å². The van der Waals surface area contributed by atoms with Crippen LogP contribution in [-0.4, -0.2) is 46.9 Å². The third kappa shape index (κ3) is 5.24. The summed E-state index contributed by atoms with van der Waals surface area (Å²) < 4.78 is 5.18. The average Bonchev–Trinajstić information content (AvgIpc) is 3.24. The predicted molar refractivity (Wildman–Crippen MR) is 115 cm³/mol. The number of aryl methyl sites for hydroxylation is 2. The molecule has 168 valence electrons. The third-order valence-corrected chi connectivity index (χ3v) is 5.90.